The van der Waals surface area contributed by atoms with Crippen molar-refractivity contribution in [1.82, 2.24) is 15.0 Å². The Morgan fingerprint density at radius 3 is 2.58 bits per heavy atom. The first kappa shape index (κ1) is 12.6. The molecule has 3 rings (SSSR count). The zero-order chi connectivity index (χ0) is 13.4. The summed E-state index contributed by atoms with van der Waals surface area (Å²) in [6, 6.07) is 7.17. The molecule has 2 aromatic heterocycles. The van der Waals surface area contributed by atoms with E-state index in [0.717, 1.165) is 10.4 Å². The van der Waals surface area contributed by atoms with E-state index < -0.39 is 0 Å². The molecule has 0 atom stereocenters. The molecule has 0 fully saturated rings. The summed E-state index contributed by atoms with van der Waals surface area (Å²) in [6.45, 7) is 0. The maximum Gasteiger partial charge on any atom is 0.171 e. The molecule has 19 heavy (non-hydrogen) atoms. The number of nitrogens with one attached hydrogen (secondary N) is 1. The predicted molar refractivity (Wildman–Crippen MR) is 78.9 cm³/mol. The van der Waals surface area contributed by atoms with Crippen LogP contribution in [-0.4, -0.2) is 15.0 Å². The lowest BCUT2D eigenvalue weighted by molar-refractivity contribution is 1.08. The Morgan fingerprint density at radius 1 is 1.16 bits per heavy atom. The fraction of sp³-hybridized carbons (Fsp3) is 0. The van der Waals surface area contributed by atoms with E-state index in [-0.39, 0.29) is 0 Å². The van der Waals surface area contributed by atoms with Gasteiger partial charge in [-0.3, -0.25) is 0 Å². The number of aromatic amines is 1. The third-order valence-corrected chi connectivity index (χ3v) is 3.75. The number of benzene rings is 1. The van der Waals surface area contributed by atoms with Crippen molar-refractivity contribution < 1.29 is 0 Å². The summed E-state index contributed by atoms with van der Waals surface area (Å²) in [4.78, 5) is 12.5. The van der Waals surface area contributed by atoms with Crippen LogP contribution in [0.1, 0.15) is 0 Å². The zero-order valence-electron chi connectivity index (χ0n) is 9.52. The molecule has 0 radical (unpaired) electrons. The lowest BCUT2D eigenvalue weighted by Gasteiger charge is -1.99. The van der Waals surface area contributed by atoms with Crippen LogP contribution in [0.3, 0.4) is 0 Å². The van der Waals surface area contributed by atoms with Crippen molar-refractivity contribution in [2.45, 2.75) is 10.1 Å². The Hall–Kier alpha value is -1.43. The fourth-order valence-electron chi connectivity index (χ4n) is 1.68. The second kappa shape index (κ2) is 4.92. The fourth-order valence-corrected chi connectivity index (χ4v) is 3.23. The molecule has 0 bridgehead atoms. The van der Waals surface area contributed by atoms with E-state index in [0.29, 0.717) is 26.5 Å². The highest BCUT2D eigenvalue weighted by atomic mass is 35.5. The highest BCUT2D eigenvalue weighted by Gasteiger charge is 2.08. The molecule has 0 saturated carbocycles. The van der Waals surface area contributed by atoms with E-state index >= 15 is 0 Å². The van der Waals surface area contributed by atoms with Gasteiger partial charge in [0, 0.05) is 21.1 Å². The summed E-state index contributed by atoms with van der Waals surface area (Å²) in [5.74, 6) is 0.407. The Morgan fingerprint density at radius 2 is 1.89 bits per heavy atom. The molecule has 0 aliphatic carbocycles. The van der Waals surface area contributed by atoms with Crippen LogP contribution >= 0.6 is 35.0 Å². The molecular formula is C12H8Cl2N4S. The average molecular weight is 311 g/mol. The van der Waals surface area contributed by atoms with Crippen molar-refractivity contribution in [3.8, 4) is 0 Å². The van der Waals surface area contributed by atoms with Gasteiger partial charge in [-0.2, -0.15) is 0 Å². The van der Waals surface area contributed by atoms with E-state index in [1.54, 1.807) is 12.3 Å². The van der Waals surface area contributed by atoms with E-state index in [9.17, 15) is 0 Å². The van der Waals surface area contributed by atoms with Crippen LogP contribution in [0.15, 0.2) is 40.5 Å². The molecule has 3 aromatic rings. The number of H-pyrrole nitrogens is 1. The smallest absolute Gasteiger partial charge is 0.171 e. The quantitative estimate of drug-likeness (QED) is 0.750. The first-order valence-corrected chi connectivity index (χ1v) is 6.93. The zero-order valence-corrected chi connectivity index (χ0v) is 11.9. The highest BCUT2D eigenvalue weighted by Crippen LogP contribution is 2.32. The predicted octanol–water partition coefficient (Wildman–Crippen LogP) is 4.00. The topological polar surface area (TPSA) is 67.6 Å². The third kappa shape index (κ3) is 2.63. The second-order valence-electron chi connectivity index (χ2n) is 3.84. The van der Waals surface area contributed by atoms with Crippen molar-refractivity contribution in [2.24, 2.45) is 0 Å². The van der Waals surface area contributed by atoms with Crippen molar-refractivity contribution >= 4 is 51.8 Å². The van der Waals surface area contributed by atoms with Gasteiger partial charge in [0.2, 0.25) is 0 Å². The van der Waals surface area contributed by atoms with Gasteiger partial charge in [-0.05, 0) is 24.3 Å². The number of imidazole rings is 1. The van der Waals surface area contributed by atoms with Crippen LogP contribution in [0.5, 0.6) is 0 Å². The van der Waals surface area contributed by atoms with Crippen molar-refractivity contribution in [2.75, 3.05) is 5.73 Å². The first-order chi connectivity index (χ1) is 9.11. The van der Waals surface area contributed by atoms with Gasteiger partial charge in [0.25, 0.3) is 0 Å². The van der Waals surface area contributed by atoms with Crippen molar-refractivity contribution in [1.29, 1.82) is 0 Å². The van der Waals surface area contributed by atoms with Crippen LogP contribution in [0.2, 0.25) is 10.0 Å². The summed E-state index contributed by atoms with van der Waals surface area (Å²) in [6.07, 6.45) is 1.64. The number of nitrogens with zero attached hydrogens (tertiary/aromatic N) is 2. The molecule has 0 aliphatic rings. The van der Waals surface area contributed by atoms with E-state index in [4.69, 9.17) is 28.9 Å². The minimum atomic E-state index is 0.407. The first-order valence-electron chi connectivity index (χ1n) is 5.36. The van der Waals surface area contributed by atoms with Gasteiger partial charge in [-0.15, -0.1) is 0 Å². The Kier molecular flexibility index (Phi) is 3.26. The second-order valence-corrected chi connectivity index (χ2v) is 5.78. The molecule has 0 amide bonds. The van der Waals surface area contributed by atoms with E-state index in [1.807, 2.05) is 18.2 Å². The number of fused-ring (bicyclic) bond motifs is 1. The number of anilines is 1. The number of nitrogen functional groups attached to an aromatic ring is 1. The van der Waals surface area contributed by atoms with Gasteiger partial charge < -0.3 is 10.7 Å². The summed E-state index contributed by atoms with van der Waals surface area (Å²) in [5, 5.41) is 1.90. The Labute approximate surface area is 123 Å². The molecule has 0 unspecified atom stereocenters. The molecule has 96 valence electrons. The molecule has 2 heterocycles. The lowest BCUT2D eigenvalue weighted by atomic mass is 10.4. The van der Waals surface area contributed by atoms with Crippen LogP contribution in [0, 0.1) is 0 Å². The number of nitrogens with two attached hydrogens (primary N) is 1. The number of hydrogen-bond donors (Lipinski definition) is 2. The number of halogens is 2. The summed E-state index contributed by atoms with van der Waals surface area (Å²) < 4.78 is 0. The molecule has 1 aromatic carbocycles. The van der Waals surface area contributed by atoms with Gasteiger partial charge >= 0.3 is 0 Å². The van der Waals surface area contributed by atoms with Gasteiger partial charge in [0.05, 0.1) is 5.52 Å². The van der Waals surface area contributed by atoms with Gasteiger partial charge in [-0.25, -0.2) is 9.97 Å². The molecule has 3 N–H and O–H groups in total. The summed E-state index contributed by atoms with van der Waals surface area (Å²) in [5.41, 5.74) is 7.28. The van der Waals surface area contributed by atoms with Crippen LogP contribution in [0.4, 0.5) is 5.82 Å². The molecular weight excluding hydrogens is 303 g/mol. The summed E-state index contributed by atoms with van der Waals surface area (Å²) >= 11 is 13.4. The van der Waals surface area contributed by atoms with Crippen molar-refractivity contribution in [3.05, 3.63) is 40.5 Å². The number of pyridine rings is 1. The highest BCUT2D eigenvalue weighted by molar-refractivity contribution is 7.99. The van der Waals surface area contributed by atoms with Gasteiger partial charge in [-0.1, -0.05) is 35.0 Å². The molecule has 7 heteroatoms. The Balaban J connectivity index is 1.99. The molecule has 4 nitrogen and oxygen atoms in total. The number of rotatable bonds is 2. The maximum absolute atomic E-state index is 5.96. The molecule has 0 spiro atoms. The number of hydrogen-bond acceptors (Lipinski definition) is 4. The Bertz CT molecular complexity index is 736. The minimum absolute atomic E-state index is 0.407. The molecule has 0 aliphatic heterocycles. The van der Waals surface area contributed by atoms with Crippen LogP contribution in [0.25, 0.3) is 11.0 Å². The standard InChI is InChI=1S/C12H8Cl2N4S/c13-6-3-7(14)5-8(4-6)19-12-17-9-1-2-16-11(15)10(9)18-12/h1-5H,(H2,15,16)(H,17,18). The number of aromatic nitrogens is 3. The normalized spacial score (nSPS) is 11.1. The van der Waals surface area contributed by atoms with E-state index in [1.165, 1.54) is 11.8 Å². The molecule has 0 saturated heterocycles. The average Bonchev–Trinajstić information content (AvgIpc) is 2.71. The summed E-state index contributed by atoms with van der Waals surface area (Å²) in [7, 11) is 0. The van der Waals surface area contributed by atoms with Gasteiger partial charge in [0.15, 0.2) is 11.0 Å². The minimum Gasteiger partial charge on any atom is -0.382 e. The third-order valence-electron chi connectivity index (χ3n) is 2.46. The van der Waals surface area contributed by atoms with Crippen LogP contribution < -0.4 is 5.73 Å². The largest absolute Gasteiger partial charge is 0.382 e. The monoisotopic (exact) mass is 310 g/mol. The van der Waals surface area contributed by atoms with Gasteiger partial charge in [0.1, 0.15) is 5.52 Å². The van der Waals surface area contributed by atoms with Crippen LogP contribution in [-0.2, 0) is 0 Å². The van der Waals surface area contributed by atoms with Crippen molar-refractivity contribution in [3.63, 3.8) is 0 Å². The van der Waals surface area contributed by atoms with E-state index in [2.05, 4.69) is 15.0 Å². The maximum atomic E-state index is 5.96. The lowest BCUT2D eigenvalue weighted by Crippen LogP contribution is -1.89. The SMILES string of the molecule is Nc1nccc2[nH]c(Sc3cc(Cl)cc(Cl)c3)nc12.